The summed E-state index contributed by atoms with van der Waals surface area (Å²) in [6.07, 6.45) is 7.02. The van der Waals surface area contributed by atoms with Gasteiger partial charge in [0.15, 0.2) is 11.6 Å². The molecule has 0 fully saturated rings. The van der Waals surface area contributed by atoms with E-state index in [9.17, 15) is 18.0 Å². The van der Waals surface area contributed by atoms with Crippen LogP contribution in [0.3, 0.4) is 0 Å². The van der Waals surface area contributed by atoms with Crippen molar-refractivity contribution in [2.75, 3.05) is 16.4 Å². The molecule has 218 valence electrons. The predicted molar refractivity (Wildman–Crippen MR) is 165 cm³/mol. The lowest BCUT2D eigenvalue weighted by atomic mass is 10.4. The van der Waals surface area contributed by atoms with Gasteiger partial charge in [0.1, 0.15) is 23.3 Å². The Hall–Kier alpha value is -3.75. The Morgan fingerprint density at radius 1 is 0.805 bits per heavy atom. The van der Waals surface area contributed by atoms with Crippen molar-refractivity contribution < 1.29 is 18.0 Å². The predicted octanol–water partition coefficient (Wildman–Crippen LogP) is 4.65. The number of amides is 1. The number of halogens is 5. The number of nitrogen functional groups attached to an aromatic ring is 1. The van der Waals surface area contributed by atoms with Gasteiger partial charge in [-0.1, -0.05) is 0 Å². The van der Waals surface area contributed by atoms with Crippen molar-refractivity contribution in [1.29, 1.82) is 0 Å². The van der Waals surface area contributed by atoms with Crippen molar-refractivity contribution in [3.05, 3.63) is 86.0 Å². The van der Waals surface area contributed by atoms with Crippen LogP contribution in [0.15, 0.2) is 61.3 Å². The van der Waals surface area contributed by atoms with Crippen LogP contribution in [0.25, 0.3) is 0 Å². The van der Waals surface area contributed by atoms with E-state index in [0.717, 1.165) is 18.1 Å². The van der Waals surface area contributed by atoms with Gasteiger partial charge in [-0.05, 0) is 57.3 Å². The molecule has 0 aliphatic heterocycles. The van der Waals surface area contributed by atoms with E-state index in [0.29, 0.717) is 21.0 Å². The number of pyridine rings is 2. The van der Waals surface area contributed by atoms with E-state index < -0.39 is 11.8 Å². The first-order valence-electron chi connectivity index (χ1n) is 11.4. The second-order valence-electron chi connectivity index (χ2n) is 7.77. The molecule has 0 radical (unpaired) electrons. The van der Waals surface area contributed by atoms with E-state index in [4.69, 9.17) is 5.73 Å². The topological polar surface area (TPSA) is 146 Å². The molecule has 5 rings (SSSR count). The van der Waals surface area contributed by atoms with Crippen molar-refractivity contribution in [3.8, 4) is 0 Å². The molecular formula is C24H26F3I2N11O. The number of nitrogens with one attached hydrogen (secondary N) is 2. The van der Waals surface area contributed by atoms with E-state index in [1.54, 1.807) is 87.5 Å². The molecule has 17 heteroatoms. The molecule has 0 saturated carbocycles. The molecular weight excluding hydrogens is 769 g/mol. The van der Waals surface area contributed by atoms with Gasteiger partial charge in [0, 0.05) is 46.3 Å². The highest BCUT2D eigenvalue weighted by atomic mass is 127. The highest BCUT2D eigenvalue weighted by molar-refractivity contribution is 14.1. The minimum Gasteiger partial charge on any atom is -0.384 e. The number of hydrogen-bond donors (Lipinski definition) is 3. The normalized spacial score (nSPS) is 9.78. The molecule has 4 N–H and O–H groups in total. The molecule has 1 amide bonds. The van der Waals surface area contributed by atoms with Crippen molar-refractivity contribution in [1.82, 2.24) is 39.3 Å². The van der Waals surface area contributed by atoms with Crippen LogP contribution in [0.2, 0.25) is 0 Å². The van der Waals surface area contributed by atoms with Gasteiger partial charge in [0.25, 0.3) is 0 Å². The van der Waals surface area contributed by atoms with Gasteiger partial charge in [-0.3, -0.25) is 18.8 Å². The van der Waals surface area contributed by atoms with E-state index >= 15 is 0 Å². The van der Waals surface area contributed by atoms with Crippen molar-refractivity contribution in [2.45, 2.75) is 6.92 Å². The molecule has 41 heavy (non-hydrogen) atoms. The summed E-state index contributed by atoms with van der Waals surface area (Å²) in [6.45, 7) is 1.47. The lowest BCUT2D eigenvalue weighted by Gasteiger charge is -2.05. The number of hydrogen-bond acceptors (Lipinski definition) is 8. The fourth-order valence-corrected chi connectivity index (χ4v) is 3.39. The first-order chi connectivity index (χ1) is 19.4. The maximum atomic E-state index is 12.9. The fourth-order valence-electron chi connectivity index (χ4n) is 2.56. The van der Waals surface area contributed by atoms with Gasteiger partial charge in [-0.15, -0.1) is 0 Å². The number of aromatic nitrogens is 8. The SMILES string of the molecule is CC(=O)Nc1ccnn1C.Cn1nccc1N.Cn1nccc1Nc1cc(I)c(F)cn1.Fc1cc(I)c(F)cn1. The summed E-state index contributed by atoms with van der Waals surface area (Å²) in [4.78, 5) is 17.5. The van der Waals surface area contributed by atoms with Crippen LogP contribution in [0.4, 0.5) is 36.4 Å². The number of carbonyl (C=O) groups excluding carboxylic acids is 1. The van der Waals surface area contributed by atoms with Crippen LogP contribution in [0.1, 0.15) is 6.92 Å². The Kier molecular flexibility index (Phi) is 13.5. The van der Waals surface area contributed by atoms with Crippen molar-refractivity contribution in [2.24, 2.45) is 21.1 Å². The fraction of sp³-hybridized carbons (Fsp3) is 0.167. The molecule has 5 heterocycles. The summed E-state index contributed by atoms with van der Waals surface area (Å²) in [6, 6.07) is 7.98. The number of nitrogens with zero attached hydrogens (tertiary/aromatic N) is 8. The van der Waals surface area contributed by atoms with Gasteiger partial charge >= 0.3 is 0 Å². The Morgan fingerprint density at radius 3 is 1.71 bits per heavy atom. The van der Waals surface area contributed by atoms with E-state index in [2.05, 4.69) is 35.9 Å². The Morgan fingerprint density at radius 2 is 1.32 bits per heavy atom. The minimum atomic E-state index is -0.652. The average molecular weight is 795 g/mol. The van der Waals surface area contributed by atoms with Gasteiger partial charge < -0.3 is 16.4 Å². The quantitative estimate of drug-likeness (QED) is 0.177. The number of aryl methyl sites for hydroxylation is 3. The molecule has 0 unspecified atom stereocenters. The van der Waals surface area contributed by atoms with Crippen LogP contribution in [-0.4, -0.2) is 45.2 Å². The van der Waals surface area contributed by atoms with Crippen molar-refractivity contribution in [3.63, 3.8) is 0 Å². The monoisotopic (exact) mass is 795 g/mol. The third kappa shape index (κ3) is 11.7. The Bertz CT molecular complexity index is 1540. The van der Waals surface area contributed by atoms with Crippen molar-refractivity contribution >= 4 is 74.4 Å². The number of nitrogens with two attached hydrogens (primary N) is 1. The smallest absolute Gasteiger partial charge is 0.222 e. The highest BCUT2D eigenvalue weighted by Gasteiger charge is 2.04. The lowest BCUT2D eigenvalue weighted by molar-refractivity contribution is -0.114. The largest absolute Gasteiger partial charge is 0.384 e. The standard InChI is InChI=1S/C9H8FIN4.C6H9N3O.C5H2F2IN.C4H7N3/c1-15-9(2-3-13-15)14-8-4-7(11)6(10)5-12-8;1-5(10)8-6-3-4-7-9(6)2;6-3-2-9-5(7)1-4(3)8;1-7-4(5)2-3-6-7/h2-5H,1H3,(H,12,14);3-4H,1-2H3,(H,8,10);1-2H;2-3H,5H2,1H3. The summed E-state index contributed by atoms with van der Waals surface area (Å²) in [5.41, 5.74) is 5.34. The van der Waals surface area contributed by atoms with Crippen LogP contribution >= 0.6 is 45.2 Å². The van der Waals surface area contributed by atoms with E-state index in [1.165, 1.54) is 13.1 Å². The number of anilines is 4. The number of carbonyl (C=O) groups is 1. The summed E-state index contributed by atoms with van der Waals surface area (Å²) < 4.78 is 42.9. The summed E-state index contributed by atoms with van der Waals surface area (Å²) in [7, 11) is 5.39. The molecule has 5 aromatic rings. The Labute approximate surface area is 260 Å². The van der Waals surface area contributed by atoms with Gasteiger partial charge in [0.05, 0.1) is 38.1 Å². The molecule has 0 aliphatic rings. The van der Waals surface area contributed by atoms with Gasteiger partial charge in [-0.25, -0.2) is 18.7 Å². The first-order valence-corrected chi connectivity index (χ1v) is 13.5. The second kappa shape index (κ2) is 16.5. The summed E-state index contributed by atoms with van der Waals surface area (Å²) in [5, 5.41) is 17.3. The van der Waals surface area contributed by atoms with E-state index in [1.807, 2.05) is 35.7 Å². The molecule has 0 aromatic carbocycles. The molecule has 0 bridgehead atoms. The second-order valence-corrected chi connectivity index (χ2v) is 10.1. The van der Waals surface area contributed by atoms with Gasteiger partial charge in [-0.2, -0.15) is 19.7 Å². The van der Waals surface area contributed by atoms with Crippen LogP contribution in [0.5, 0.6) is 0 Å². The van der Waals surface area contributed by atoms with Crippen LogP contribution in [0, 0.1) is 24.7 Å². The molecule has 0 aliphatic carbocycles. The minimum absolute atomic E-state index is 0.0800. The zero-order chi connectivity index (χ0) is 30.5. The maximum Gasteiger partial charge on any atom is 0.222 e. The molecule has 0 spiro atoms. The van der Waals surface area contributed by atoms with Crippen LogP contribution < -0.4 is 16.4 Å². The zero-order valence-corrected chi connectivity index (χ0v) is 26.5. The third-order valence-electron chi connectivity index (χ3n) is 4.64. The zero-order valence-electron chi connectivity index (χ0n) is 22.2. The maximum absolute atomic E-state index is 12.9. The lowest BCUT2D eigenvalue weighted by Crippen LogP contribution is -2.09. The average Bonchev–Trinajstić information content (AvgIpc) is 3.62. The molecule has 12 nitrogen and oxygen atoms in total. The summed E-state index contributed by atoms with van der Waals surface area (Å²) in [5.74, 6) is 1.29. The van der Waals surface area contributed by atoms with Crippen LogP contribution in [-0.2, 0) is 25.9 Å². The highest BCUT2D eigenvalue weighted by Crippen LogP contribution is 2.17. The Balaban J connectivity index is 0.000000200. The molecule has 5 aromatic heterocycles. The third-order valence-corrected chi connectivity index (χ3v) is 6.30. The number of rotatable bonds is 3. The van der Waals surface area contributed by atoms with E-state index in [-0.39, 0.29) is 15.3 Å². The summed E-state index contributed by atoms with van der Waals surface area (Å²) >= 11 is 3.62. The van der Waals surface area contributed by atoms with Gasteiger partial charge in [0.2, 0.25) is 11.9 Å². The molecule has 0 saturated heterocycles. The molecule has 0 atom stereocenters. The first kappa shape index (κ1) is 33.5.